The number of primary amides is 1. The summed E-state index contributed by atoms with van der Waals surface area (Å²) in [7, 11) is 1.97. The number of aryl methyl sites for hydroxylation is 1. The van der Waals surface area contributed by atoms with Gasteiger partial charge in [0.05, 0.1) is 24.4 Å². The maximum Gasteiger partial charge on any atom is 0.256 e. The zero-order valence-corrected chi connectivity index (χ0v) is 15.1. The van der Waals surface area contributed by atoms with Crippen molar-refractivity contribution in [2.24, 2.45) is 12.8 Å². The summed E-state index contributed by atoms with van der Waals surface area (Å²) in [6.45, 7) is 0.899. The third-order valence-electron chi connectivity index (χ3n) is 5.04. The molecule has 2 N–H and O–H groups in total. The lowest BCUT2D eigenvalue weighted by molar-refractivity contribution is -0.133. The lowest BCUT2D eigenvalue weighted by Crippen LogP contribution is -2.50. The first kappa shape index (κ1) is 17.3. The van der Waals surface area contributed by atoms with E-state index in [0.717, 1.165) is 22.2 Å². The van der Waals surface area contributed by atoms with Gasteiger partial charge in [0.25, 0.3) is 5.91 Å². The SMILES string of the molecule is Cn1c(-c2ccccc2)c(C(=O)N2CCO[C@H](C(N)=O)C2)c2ccccc21. The Hall–Kier alpha value is -3.12. The van der Waals surface area contributed by atoms with Crippen LogP contribution in [-0.4, -0.2) is 47.1 Å². The molecule has 1 aromatic heterocycles. The van der Waals surface area contributed by atoms with E-state index in [2.05, 4.69) is 0 Å². The second-order valence-electron chi connectivity index (χ2n) is 6.68. The van der Waals surface area contributed by atoms with Gasteiger partial charge in [-0.15, -0.1) is 0 Å². The first-order chi connectivity index (χ1) is 13.1. The Bertz CT molecular complexity index is 1010. The number of carbonyl (C=O) groups is 2. The van der Waals surface area contributed by atoms with Crippen LogP contribution in [0.15, 0.2) is 54.6 Å². The average molecular weight is 363 g/mol. The molecule has 3 aromatic rings. The number of hydrogen-bond acceptors (Lipinski definition) is 3. The standard InChI is InChI=1S/C21H21N3O3/c1-23-16-10-6-5-9-15(16)18(19(23)14-7-3-2-4-8-14)21(26)24-11-12-27-17(13-24)20(22)25/h2-10,17H,11-13H2,1H3,(H2,22,25)/t17-/m0/s1. The van der Waals surface area contributed by atoms with Crippen molar-refractivity contribution in [2.75, 3.05) is 19.7 Å². The topological polar surface area (TPSA) is 77.6 Å². The van der Waals surface area contributed by atoms with Crippen LogP contribution < -0.4 is 5.73 Å². The van der Waals surface area contributed by atoms with Crippen molar-refractivity contribution in [3.8, 4) is 11.3 Å². The number of nitrogens with zero attached hydrogens (tertiary/aromatic N) is 2. The highest BCUT2D eigenvalue weighted by atomic mass is 16.5. The molecule has 1 fully saturated rings. The van der Waals surface area contributed by atoms with E-state index in [9.17, 15) is 9.59 Å². The maximum atomic E-state index is 13.5. The largest absolute Gasteiger partial charge is 0.367 e. The number of aromatic nitrogens is 1. The van der Waals surface area contributed by atoms with Crippen LogP contribution in [-0.2, 0) is 16.6 Å². The van der Waals surface area contributed by atoms with Crippen LogP contribution >= 0.6 is 0 Å². The van der Waals surface area contributed by atoms with Gasteiger partial charge in [0.2, 0.25) is 5.91 Å². The number of benzene rings is 2. The van der Waals surface area contributed by atoms with E-state index in [-0.39, 0.29) is 12.5 Å². The Morgan fingerprint density at radius 2 is 1.78 bits per heavy atom. The highest BCUT2D eigenvalue weighted by Gasteiger charge is 2.31. The van der Waals surface area contributed by atoms with Crippen molar-refractivity contribution in [2.45, 2.75) is 6.10 Å². The molecular formula is C21H21N3O3. The Labute approximate surface area is 157 Å². The summed E-state index contributed by atoms with van der Waals surface area (Å²) in [5.41, 5.74) is 8.84. The summed E-state index contributed by atoms with van der Waals surface area (Å²) in [4.78, 5) is 26.7. The van der Waals surface area contributed by atoms with Crippen molar-refractivity contribution in [3.05, 3.63) is 60.2 Å². The number of hydrogen-bond donors (Lipinski definition) is 1. The number of fused-ring (bicyclic) bond motifs is 1. The van der Waals surface area contributed by atoms with Gasteiger partial charge in [0.1, 0.15) is 0 Å². The quantitative estimate of drug-likeness (QED) is 0.775. The number of ether oxygens (including phenoxy) is 1. The second-order valence-corrected chi connectivity index (χ2v) is 6.68. The molecule has 0 unspecified atom stereocenters. The van der Waals surface area contributed by atoms with E-state index in [1.54, 1.807) is 4.90 Å². The normalized spacial score (nSPS) is 17.2. The molecule has 2 amide bonds. The smallest absolute Gasteiger partial charge is 0.256 e. The Balaban J connectivity index is 1.85. The van der Waals surface area contributed by atoms with Crippen LogP contribution in [0.4, 0.5) is 0 Å². The molecule has 4 rings (SSSR count). The summed E-state index contributed by atoms with van der Waals surface area (Å²) < 4.78 is 7.44. The van der Waals surface area contributed by atoms with E-state index in [1.807, 2.05) is 66.2 Å². The minimum Gasteiger partial charge on any atom is -0.367 e. The molecule has 0 radical (unpaired) electrons. The third-order valence-corrected chi connectivity index (χ3v) is 5.04. The summed E-state index contributed by atoms with van der Waals surface area (Å²) in [5.74, 6) is -0.658. The summed E-state index contributed by atoms with van der Waals surface area (Å²) in [5, 5.41) is 0.894. The van der Waals surface area contributed by atoms with E-state index in [0.29, 0.717) is 18.7 Å². The van der Waals surface area contributed by atoms with E-state index < -0.39 is 12.0 Å². The molecule has 1 aliphatic rings. The predicted molar refractivity (Wildman–Crippen MR) is 103 cm³/mol. The van der Waals surface area contributed by atoms with Crippen LogP contribution in [0.1, 0.15) is 10.4 Å². The second kappa shape index (κ2) is 6.89. The molecule has 27 heavy (non-hydrogen) atoms. The molecule has 0 spiro atoms. The molecule has 6 nitrogen and oxygen atoms in total. The van der Waals surface area contributed by atoms with Crippen LogP contribution in [0.2, 0.25) is 0 Å². The molecule has 2 heterocycles. The van der Waals surface area contributed by atoms with Gasteiger partial charge in [0.15, 0.2) is 6.10 Å². The molecule has 2 aromatic carbocycles. The lowest BCUT2D eigenvalue weighted by Gasteiger charge is -2.31. The van der Waals surface area contributed by atoms with Crippen molar-refractivity contribution >= 4 is 22.7 Å². The van der Waals surface area contributed by atoms with Crippen LogP contribution in [0.25, 0.3) is 22.2 Å². The van der Waals surface area contributed by atoms with Gasteiger partial charge in [-0.25, -0.2) is 0 Å². The molecule has 0 aliphatic carbocycles. The van der Waals surface area contributed by atoms with Gasteiger partial charge >= 0.3 is 0 Å². The first-order valence-corrected chi connectivity index (χ1v) is 8.91. The zero-order valence-electron chi connectivity index (χ0n) is 15.1. The monoisotopic (exact) mass is 363 g/mol. The molecule has 0 saturated carbocycles. The van der Waals surface area contributed by atoms with Gasteiger partial charge < -0.3 is 19.9 Å². The van der Waals surface area contributed by atoms with Crippen molar-refractivity contribution in [1.82, 2.24) is 9.47 Å². The highest BCUT2D eigenvalue weighted by molar-refractivity contribution is 6.12. The van der Waals surface area contributed by atoms with Crippen LogP contribution in [0, 0.1) is 0 Å². The van der Waals surface area contributed by atoms with Crippen molar-refractivity contribution < 1.29 is 14.3 Å². The molecule has 6 heteroatoms. The van der Waals surface area contributed by atoms with Gasteiger partial charge in [0, 0.05) is 24.5 Å². The van der Waals surface area contributed by atoms with E-state index >= 15 is 0 Å². The number of amides is 2. The van der Waals surface area contributed by atoms with Gasteiger partial charge in [-0.1, -0.05) is 48.5 Å². The number of para-hydroxylation sites is 1. The molecular weight excluding hydrogens is 342 g/mol. The summed E-state index contributed by atoms with van der Waals surface area (Å²) in [6, 6.07) is 17.7. The Morgan fingerprint density at radius 3 is 2.52 bits per heavy atom. The Morgan fingerprint density at radius 1 is 1.07 bits per heavy atom. The first-order valence-electron chi connectivity index (χ1n) is 8.91. The molecule has 1 atom stereocenters. The van der Waals surface area contributed by atoms with E-state index in [1.165, 1.54) is 0 Å². The fourth-order valence-electron chi connectivity index (χ4n) is 3.71. The lowest BCUT2D eigenvalue weighted by atomic mass is 10.0. The molecule has 1 aliphatic heterocycles. The van der Waals surface area contributed by atoms with Crippen molar-refractivity contribution in [1.29, 1.82) is 0 Å². The fraction of sp³-hybridized carbons (Fsp3) is 0.238. The predicted octanol–water partition coefficient (Wildman–Crippen LogP) is 2.17. The summed E-state index contributed by atoms with van der Waals surface area (Å²) >= 11 is 0. The van der Waals surface area contributed by atoms with Gasteiger partial charge in [-0.2, -0.15) is 0 Å². The molecule has 1 saturated heterocycles. The number of morpholine rings is 1. The zero-order chi connectivity index (χ0) is 19.0. The Kier molecular flexibility index (Phi) is 4.41. The van der Waals surface area contributed by atoms with Crippen LogP contribution in [0.5, 0.6) is 0 Å². The summed E-state index contributed by atoms with van der Waals surface area (Å²) in [6.07, 6.45) is -0.766. The molecule has 0 bridgehead atoms. The minimum absolute atomic E-state index is 0.111. The number of nitrogens with two attached hydrogens (primary N) is 1. The van der Waals surface area contributed by atoms with Crippen molar-refractivity contribution in [3.63, 3.8) is 0 Å². The number of rotatable bonds is 3. The maximum absolute atomic E-state index is 13.5. The molecule has 138 valence electrons. The van der Waals surface area contributed by atoms with E-state index in [4.69, 9.17) is 10.5 Å². The highest BCUT2D eigenvalue weighted by Crippen LogP contribution is 2.34. The minimum atomic E-state index is -0.766. The average Bonchev–Trinajstić information content (AvgIpc) is 3.01. The van der Waals surface area contributed by atoms with Crippen LogP contribution in [0.3, 0.4) is 0 Å². The number of carbonyl (C=O) groups excluding carboxylic acids is 2. The van der Waals surface area contributed by atoms with Gasteiger partial charge in [-0.05, 0) is 11.6 Å². The van der Waals surface area contributed by atoms with Gasteiger partial charge in [-0.3, -0.25) is 9.59 Å². The third kappa shape index (κ3) is 2.98. The fourth-order valence-corrected chi connectivity index (χ4v) is 3.71.